The topological polar surface area (TPSA) is 57.6 Å². The summed E-state index contributed by atoms with van der Waals surface area (Å²) in [6, 6.07) is 16.2. The van der Waals surface area contributed by atoms with E-state index in [1.165, 1.54) is 30.3 Å². The summed E-state index contributed by atoms with van der Waals surface area (Å²) in [4.78, 5) is 26.9. The molecule has 0 bridgehead atoms. The highest BCUT2D eigenvalue weighted by Gasteiger charge is 2.47. The Hall–Kier alpha value is -3.80. The smallest absolute Gasteiger partial charge is 0.300 e. The number of hydrogen-bond acceptors (Lipinski definition) is 3. The van der Waals surface area contributed by atoms with E-state index in [9.17, 15) is 23.5 Å². The van der Waals surface area contributed by atoms with E-state index < -0.39 is 35.1 Å². The maximum atomic E-state index is 14.7. The van der Waals surface area contributed by atoms with Crippen LogP contribution in [0.5, 0.6) is 0 Å². The predicted molar refractivity (Wildman–Crippen MR) is 109 cm³/mol. The molecule has 1 aliphatic rings. The van der Waals surface area contributed by atoms with E-state index in [0.717, 1.165) is 22.6 Å². The molecule has 4 rings (SSSR count). The molecule has 0 spiro atoms. The van der Waals surface area contributed by atoms with Crippen LogP contribution in [0.15, 0.2) is 78.4 Å². The molecule has 150 valence electrons. The van der Waals surface area contributed by atoms with Crippen molar-refractivity contribution in [2.75, 3.05) is 4.90 Å². The highest BCUT2D eigenvalue weighted by atomic mass is 19.1. The minimum atomic E-state index is -1.20. The minimum Gasteiger partial charge on any atom is -0.507 e. The third-order valence-corrected chi connectivity index (χ3v) is 5.07. The molecule has 1 amide bonds. The number of amides is 1. The van der Waals surface area contributed by atoms with Gasteiger partial charge in [-0.25, -0.2) is 8.78 Å². The second-order valence-electron chi connectivity index (χ2n) is 7.03. The molecule has 3 aromatic rings. The van der Waals surface area contributed by atoms with Crippen molar-refractivity contribution in [3.8, 4) is 0 Å². The summed E-state index contributed by atoms with van der Waals surface area (Å²) >= 11 is 0. The number of Topliss-reactive ketones (excluding diaryl/α,β-unsaturated/α-hetero) is 1. The number of anilines is 1. The number of hydrogen-bond donors (Lipinski definition) is 1. The van der Waals surface area contributed by atoms with Crippen molar-refractivity contribution in [1.82, 2.24) is 0 Å². The van der Waals surface area contributed by atoms with Crippen LogP contribution in [0, 0.1) is 18.6 Å². The minimum absolute atomic E-state index is 0.0506. The van der Waals surface area contributed by atoms with Gasteiger partial charge in [0.15, 0.2) is 0 Å². The van der Waals surface area contributed by atoms with Crippen LogP contribution in [0.1, 0.15) is 22.7 Å². The normalized spacial score (nSPS) is 18.1. The zero-order chi connectivity index (χ0) is 21.4. The third-order valence-electron chi connectivity index (χ3n) is 5.07. The summed E-state index contributed by atoms with van der Waals surface area (Å²) in [5.41, 5.74) is 1.32. The molecular formula is C24H17F2NO3. The van der Waals surface area contributed by atoms with Gasteiger partial charge in [-0.3, -0.25) is 14.5 Å². The molecule has 3 aromatic carbocycles. The lowest BCUT2D eigenvalue weighted by Gasteiger charge is -2.25. The first-order chi connectivity index (χ1) is 14.4. The molecule has 1 N–H and O–H groups in total. The van der Waals surface area contributed by atoms with E-state index in [4.69, 9.17) is 0 Å². The monoisotopic (exact) mass is 405 g/mol. The SMILES string of the molecule is Cc1ccc(C(O)=C2C(=O)C(=O)N(c3ccc(F)cc3)[C@H]2c2ccccc2F)cc1. The molecule has 1 heterocycles. The van der Waals surface area contributed by atoms with Crippen LogP contribution in [0.2, 0.25) is 0 Å². The molecule has 6 heteroatoms. The van der Waals surface area contributed by atoms with Crippen molar-refractivity contribution < 1.29 is 23.5 Å². The largest absolute Gasteiger partial charge is 0.507 e. The van der Waals surface area contributed by atoms with Crippen molar-refractivity contribution in [2.24, 2.45) is 0 Å². The summed E-state index contributed by atoms with van der Waals surface area (Å²) in [7, 11) is 0. The fraction of sp³-hybridized carbons (Fsp3) is 0.0833. The van der Waals surface area contributed by atoms with Gasteiger partial charge < -0.3 is 5.11 Å². The average molecular weight is 405 g/mol. The number of aryl methyl sites for hydroxylation is 1. The Morgan fingerprint density at radius 2 is 1.53 bits per heavy atom. The van der Waals surface area contributed by atoms with Crippen molar-refractivity contribution in [3.05, 3.63) is 107 Å². The molecule has 1 aliphatic heterocycles. The van der Waals surface area contributed by atoms with Crippen LogP contribution in [0.3, 0.4) is 0 Å². The number of aliphatic hydroxyl groups excluding tert-OH is 1. The van der Waals surface area contributed by atoms with Gasteiger partial charge in [0.25, 0.3) is 11.7 Å². The van der Waals surface area contributed by atoms with Gasteiger partial charge in [0.05, 0.1) is 11.6 Å². The third kappa shape index (κ3) is 3.26. The molecule has 0 unspecified atom stereocenters. The number of rotatable bonds is 3. The molecule has 1 atom stereocenters. The fourth-order valence-corrected chi connectivity index (χ4v) is 3.56. The Balaban J connectivity index is 1.96. The average Bonchev–Trinajstić information content (AvgIpc) is 3.00. The molecule has 1 saturated heterocycles. The lowest BCUT2D eigenvalue weighted by atomic mass is 9.94. The van der Waals surface area contributed by atoms with Crippen LogP contribution in [-0.4, -0.2) is 16.8 Å². The lowest BCUT2D eigenvalue weighted by Crippen LogP contribution is -2.29. The Morgan fingerprint density at radius 1 is 0.900 bits per heavy atom. The number of carbonyl (C=O) groups is 2. The number of nitrogens with zero attached hydrogens (tertiary/aromatic N) is 1. The van der Waals surface area contributed by atoms with E-state index in [1.807, 2.05) is 6.92 Å². The molecule has 0 aliphatic carbocycles. The molecule has 0 saturated carbocycles. The lowest BCUT2D eigenvalue weighted by molar-refractivity contribution is -0.132. The van der Waals surface area contributed by atoms with Gasteiger partial charge in [0.2, 0.25) is 0 Å². The highest BCUT2D eigenvalue weighted by molar-refractivity contribution is 6.51. The molecule has 1 fully saturated rings. The van der Waals surface area contributed by atoms with Gasteiger partial charge in [-0.2, -0.15) is 0 Å². The van der Waals surface area contributed by atoms with Crippen LogP contribution in [-0.2, 0) is 9.59 Å². The molecule has 4 nitrogen and oxygen atoms in total. The van der Waals surface area contributed by atoms with Gasteiger partial charge in [0, 0.05) is 16.8 Å². The first kappa shape index (κ1) is 19.5. The summed E-state index contributed by atoms with van der Waals surface area (Å²) in [5, 5.41) is 10.9. The second kappa shape index (κ2) is 7.55. The van der Waals surface area contributed by atoms with Crippen LogP contribution >= 0.6 is 0 Å². The van der Waals surface area contributed by atoms with Gasteiger partial charge in [-0.15, -0.1) is 0 Å². The maximum absolute atomic E-state index is 14.7. The Bertz CT molecular complexity index is 1170. The van der Waals surface area contributed by atoms with Gasteiger partial charge in [-0.05, 0) is 37.3 Å². The number of ketones is 1. The van der Waals surface area contributed by atoms with E-state index in [-0.39, 0.29) is 16.8 Å². The second-order valence-corrected chi connectivity index (χ2v) is 7.03. The maximum Gasteiger partial charge on any atom is 0.300 e. The van der Waals surface area contributed by atoms with Crippen LogP contribution in [0.25, 0.3) is 5.76 Å². The Morgan fingerprint density at radius 3 is 2.17 bits per heavy atom. The standard InChI is InChI=1S/C24H17F2NO3/c1-14-6-8-15(9-7-14)22(28)20-21(18-4-2-3-5-19(18)26)27(24(30)23(20)29)17-12-10-16(25)11-13-17/h2-13,21,28H,1H3/t21-/m0/s1. The number of halogens is 2. The number of carbonyl (C=O) groups excluding carboxylic acids is 2. The fourth-order valence-electron chi connectivity index (χ4n) is 3.56. The van der Waals surface area contributed by atoms with Crippen molar-refractivity contribution >= 4 is 23.1 Å². The zero-order valence-electron chi connectivity index (χ0n) is 16.0. The van der Waals surface area contributed by atoms with Crippen molar-refractivity contribution in [1.29, 1.82) is 0 Å². The van der Waals surface area contributed by atoms with E-state index in [1.54, 1.807) is 30.3 Å². The van der Waals surface area contributed by atoms with E-state index in [0.29, 0.717) is 5.56 Å². The highest BCUT2D eigenvalue weighted by Crippen LogP contribution is 2.42. The Kier molecular flexibility index (Phi) is 4.91. The number of benzene rings is 3. The summed E-state index contributed by atoms with van der Waals surface area (Å²) in [6.07, 6.45) is 0. The predicted octanol–water partition coefficient (Wildman–Crippen LogP) is 4.90. The zero-order valence-corrected chi connectivity index (χ0v) is 16.0. The molecule has 30 heavy (non-hydrogen) atoms. The molecule has 0 aromatic heterocycles. The summed E-state index contributed by atoms with van der Waals surface area (Å²) < 4.78 is 28.1. The first-order valence-electron chi connectivity index (χ1n) is 9.26. The van der Waals surface area contributed by atoms with E-state index in [2.05, 4.69) is 0 Å². The first-order valence-corrected chi connectivity index (χ1v) is 9.26. The summed E-state index contributed by atoms with van der Waals surface area (Å²) in [5.74, 6) is -3.41. The summed E-state index contributed by atoms with van der Waals surface area (Å²) in [6.45, 7) is 1.87. The van der Waals surface area contributed by atoms with Crippen molar-refractivity contribution in [3.63, 3.8) is 0 Å². The quantitative estimate of drug-likeness (QED) is 0.383. The number of aliphatic hydroxyl groups is 1. The molecule has 0 radical (unpaired) electrons. The van der Waals surface area contributed by atoms with Gasteiger partial charge in [0.1, 0.15) is 17.4 Å². The van der Waals surface area contributed by atoms with Crippen LogP contribution < -0.4 is 4.90 Å². The molecular weight excluding hydrogens is 388 g/mol. The Labute approximate surface area is 171 Å². The van der Waals surface area contributed by atoms with Crippen molar-refractivity contribution in [2.45, 2.75) is 13.0 Å². The van der Waals surface area contributed by atoms with Gasteiger partial charge in [-0.1, -0.05) is 48.0 Å². The van der Waals surface area contributed by atoms with Gasteiger partial charge >= 0.3 is 0 Å². The van der Waals surface area contributed by atoms with E-state index >= 15 is 0 Å². The van der Waals surface area contributed by atoms with Crippen LogP contribution in [0.4, 0.5) is 14.5 Å².